The maximum atomic E-state index is 3.75. The number of aryl methyl sites for hydroxylation is 2. The minimum Gasteiger partial charge on any atom is -0.313 e. The lowest BCUT2D eigenvalue weighted by atomic mass is 9.86. The maximum Gasteiger partial charge on any atom is 0.0106 e. The highest BCUT2D eigenvalue weighted by Crippen LogP contribution is 2.25. The molecule has 0 saturated heterocycles. The SMILES string of the molecule is Cc1ccc(SCCNC2CCCCC2C)c(C)c1. The molecule has 106 valence electrons. The van der Waals surface area contributed by atoms with Crippen molar-refractivity contribution in [3.8, 4) is 0 Å². The van der Waals surface area contributed by atoms with E-state index >= 15 is 0 Å². The summed E-state index contributed by atoms with van der Waals surface area (Å²) in [5, 5.41) is 3.75. The molecule has 19 heavy (non-hydrogen) atoms. The average Bonchev–Trinajstić information content (AvgIpc) is 2.38. The van der Waals surface area contributed by atoms with Crippen LogP contribution in [-0.2, 0) is 0 Å². The molecule has 1 aliphatic rings. The summed E-state index contributed by atoms with van der Waals surface area (Å²) in [6, 6.07) is 7.51. The maximum absolute atomic E-state index is 3.75. The molecular weight excluding hydrogens is 250 g/mol. The summed E-state index contributed by atoms with van der Waals surface area (Å²) in [4.78, 5) is 1.43. The van der Waals surface area contributed by atoms with Crippen LogP contribution in [-0.4, -0.2) is 18.3 Å². The first-order valence-electron chi connectivity index (χ1n) is 7.60. The van der Waals surface area contributed by atoms with Crippen molar-refractivity contribution in [3.05, 3.63) is 29.3 Å². The van der Waals surface area contributed by atoms with Crippen molar-refractivity contribution in [1.82, 2.24) is 5.32 Å². The van der Waals surface area contributed by atoms with Gasteiger partial charge >= 0.3 is 0 Å². The van der Waals surface area contributed by atoms with E-state index in [0.717, 1.165) is 18.5 Å². The number of thioether (sulfide) groups is 1. The van der Waals surface area contributed by atoms with E-state index in [1.807, 2.05) is 11.8 Å². The monoisotopic (exact) mass is 277 g/mol. The van der Waals surface area contributed by atoms with Crippen LogP contribution in [0.1, 0.15) is 43.7 Å². The molecule has 2 rings (SSSR count). The zero-order valence-corrected chi connectivity index (χ0v) is 13.4. The molecule has 1 fully saturated rings. The third-order valence-electron chi connectivity index (χ3n) is 4.21. The van der Waals surface area contributed by atoms with Crippen LogP contribution >= 0.6 is 11.8 Å². The lowest BCUT2D eigenvalue weighted by Gasteiger charge is -2.29. The Kier molecular flexibility index (Phi) is 5.77. The average molecular weight is 277 g/mol. The molecule has 0 aromatic heterocycles. The second-order valence-electron chi connectivity index (χ2n) is 5.94. The molecule has 1 aliphatic carbocycles. The number of nitrogens with one attached hydrogen (secondary N) is 1. The van der Waals surface area contributed by atoms with Crippen LogP contribution in [0.3, 0.4) is 0 Å². The van der Waals surface area contributed by atoms with E-state index in [4.69, 9.17) is 0 Å². The van der Waals surface area contributed by atoms with Gasteiger partial charge in [-0.2, -0.15) is 0 Å². The highest BCUT2D eigenvalue weighted by atomic mass is 32.2. The Bertz CT molecular complexity index is 402. The van der Waals surface area contributed by atoms with Gasteiger partial charge < -0.3 is 5.32 Å². The second kappa shape index (κ2) is 7.35. The van der Waals surface area contributed by atoms with Gasteiger partial charge in [-0.05, 0) is 44.2 Å². The zero-order chi connectivity index (χ0) is 13.7. The molecule has 1 saturated carbocycles. The lowest BCUT2D eigenvalue weighted by Crippen LogP contribution is -2.38. The molecule has 0 heterocycles. The molecule has 0 amide bonds. The van der Waals surface area contributed by atoms with E-state index in [1.54, 1.807) is 0 Å². The van der Waals surface area contributed by atoms with Gasteiger partial charge in [-0.25, -0.2) is 0 Å². The van der Waals surface area contributed by atoms with Gasteiger partial charge in [0.15, 0.2) is 0 Å². The third kappa shape index (κ3) is 4.54. The Balaban J connectivity index is 1.71. The predicted octanol–water partition coefficient (Wildman–Crippen LogP) is 4.56. The van der Waals surface area contributed by atoms with Gasteiger partial charge in [-0.15, -0.1) is 11.8 Å². The van der Waals surface area contributed by atoms with E-state index in [-0.39, 0.29) is 0 Å². The first-order valence-corrected chi connectivity index (χ1v) is 8.59. The Morgan fingerprint density at radius 3 is 2.74 bits per heavy atom. The molecule has 2 unspecified atom stereocenters. The van der Waals surface area contributed by atoms with Crippen LogP contribution in [0.4, 0.5) is 0 Å². The van der Waals surface area contributed by atoms with Crippen LogP contribution in [0.5, 0.6) is 0 Å². The van der Waals surface area contributed by atoms with E-state index < -0.39 is 0 Å². The number of rotatable bonds is 5. The summed E-state index contributed by atoms with van der Waals surface area (Å²) < 4.78 is 0. The smallest absolute Gasteiger partial charge is 0.0106 e. The Morgan fingerprint density at radius 2 is 2.00 bits per heavy atom. The van der Waals surface area contributed by atoms with Gasteiger partial charge in [-0.1, -0.05) is 37.5 Å². The van der Waals surface area contributed by atoms with Gasteiger partial charge in [0.25, 0.3) is 0 Å². The van der Waals surface area contributed by atoms with E-state index in [2.05, 4.69) is 44.3 Å². The topological polar surface area (TPSA) is 12.0 Å². The van der Waals surface area contributed by atoms with Crippen LogP contribution < -0.4 is 5.32 Å². The van der Waals surface area contributed by atoms with Crippen LogP contribution in [0.2, 0.25) is 0 Å². The quantitative estimate of drug-likeness (QED) is 0.625. The normalized spacial score (nSPS) is 23.5. The summed E-state index contributed by atoms with van der Waals surface area (Å²) >= 11 is 1.98. The summed E-state index contributed by atoms with van der Waals surface area (Å²) in [7, 11) is 0. The molecule has 0 aliphatic heterocycles. The van der Waals surface area contributed by atoms with Gasteiger partial charge in [0.05, 0.1) is 0 Å². The van der Waals surface area contributed by atoms with Crippen molar-refractivity contribution in [2.45, 2.75) is 57.4 Å². The van der Waals surface area contributed by atoms with Crippen molar-refractivity contribution >= 4 is 11.8 Å². The van der Waals surface area contributed by atoms with Gasteiger partial charge in [0, 0.05) is 23.2 Å². The van der Waals surface area contributed by atoms with Crippen molar-refractivity contribution in [3.63, 3.8) is 0 Å². The highest BCUT2D eigenvalue weighted by molar-refractivity contribution is 7.99. The molecule has 0 spiro atoms. The molecule has 0 bridgehead atoms. The van der Waals surface area contributed by atoms with Crippen LogP contribution in [0.25, 0.3) is 0 Å². The predicted molar refractivity (Wildman–Crippen MR) is 86.1 cm³/mol. The number of hydrogen-bond acceptors (Lipinski definition) is 2. The summed E-state index contributed by atoms with van der Waals surface area (Å²) in [5.74, 6) is 2.03. The van der Waals surface area contributed by atoms with E-state index in [1.165, 1.54) is 47.5 Å². The van der Waals surface area contributed by atoms with Crippen molar-refractivity contribution < 1.29 is 0 Å². The number of benzene rings is 1. The lowest BCUT2D eigenvalue weighted by molar-refractivity contribution is 0.285. The second-order valence-corrected chi connectivity index (χ2v) is 7.08. The Labute approximate surface area is 122 Å². The molecule has 2 atom stereocenters. The van der Waals surface area contributed by atoms with Crippen LogP contribution in [0, 0.1) is 19.8 Å². The largest absolute Gasteiger partial charge is 0.313 e. The van der Waals surface area contributed by atoms with Crippen molar-refractivity contribution in [2.75, 3.05) is 12.3 Å². The summed E-state index contributed by atoms with van der Waals surface area (Å²) in [5.41, 5.74) is 2.77. The molecule has 1 N–H and O–H groups in total. The first kappa shape index (κ1) is 14.9. The fourth-order valence-corrected chi connectivity index (χ4v) is 3.88. The molecule has 1 nitrogen and oxygen atoms in total. The van der Waals surface area contributed by atoms with E-state index in [9.17, 15) is 0 Å². The van der Waals surface area contributed by atoms with E-state index in [0.29, 0.717) is 0 Å². The summed E-state index contributed by atoms with van der Waals surface area (Å²) in [6.07, 6.45) is 5.61. The Morgan fingerprint density at radius 1 is 1.21 bits per heavy atom. The standard InChI is InChI=1S/C17H27NS/c1-13-8-9-17(15(3)12-13)19-11-10-18-16-7-5-4-6-14(16)2/h8-9,12,14,16,18H,4-7,10-11H2,1-3H3. The molecule has 2 heteroatoms. The zero-order valence-electron chi connectivity index (χ0n) is 12.5. The first-order chi connectivity index (χ1) is 9.16. The molecule has 1 aromatic rings. The molecule has 0 radical (unpaired) electrons. The minimum absolute atomic E-state index is 0.758. The fraction of sp³-hybridized carbons (Fsp3) is 0.647. The Hall–Kier alpha value is -0.470. The van der Waals surface area contributed by atoms with Gasteiger partial charge in [0.1, 0.15) is 0 Å². The third-order valence-corrected chi connectivity index (χ3v) is 5.39. The van der Waals surface area contributed by atoms with Crippen molar-refractivity contribution in [2.24, 2.45) is 5.92 Å². The van der Waals surface area contributed by atoms with Crippen molar-refractivity contribution in [1.29, 1.82) is 0 Å². The fourth-order valence-electron chi connectivity index (χ4n) is 2.99. The minimum atomic E-state index is 0.758. The highest BCUT2D eigenvalue weighted by Gasteiger charge is 2.19. The molecule has 1 aromatic carbocycles. The number of hydrogen-bond donors (Lipinski definition) is 1. The van der Waals surface area contributed by atoms with Gasteiger partial charge in [0.2, 0.25) is 0 Å². The van der Waals surface area contributed by atoms with Gasteiger partial charge in [-0.3, -0.25) is 0 Å². The molecular formula is C17H27NS. The summed E-state index contributed by atoms with van der Waals surface area (Å²) in [6.45, 7) is 7.90. The van der Waals surface area contributed by atoms with Crippen LogP contribution in [0.15, 0.2) is 23.1 Å².